The SMILES string of the molecule is CCCOc1cncc(CC(N)CC(C)C)n1. The monoisotopic (exact) mass is 237 g/mol. The topological polar surface area (TPSA) is 61.0 Å². The average molecular weight is 237 g/mol. The van der Waals surface area contributed by atoms with Crippen molar-refractivity contribution in [3.05, 3.63) is 18.1 Å². The minimum absolute atomic E-state index is 0.144. The summed E-state index contributed by atoms with van der Waals surface area (Å²) in [5.41, 5.74) is 6.96. The van der Waals surface area contributed by atoms with Crippen LogP contribution in [-0.4, -0.2) is 22.6 Å². The van der Waals surface area contributed by atoms with Gasteiger partial charge < -0.3 is 10.5 Å². The van der Waals surface area contributed by atoms with Crippen molar-refractivity contribution in [3.63, 3.8) is 0 Å². The fourth-order valence-corrected chi connectivity index (χ4v) is 1.72. The second kappa shape index (κ2) is 7.22. The zero-order valence-electron chi connectivity index (χ0n) is 11.0. The summed E-state index contributed by atoms with van der Waals surface area (Å²) in [6.45, 7) is 7.09. The predicted octanol–water partition coefficient (Wildman–Crippen LogP) is 2.18. The van der Waals surface area contributed by atoms with E-state index >= 15 is 0 Å². The van der Waals surface area contributed by atoms with Gasteiger partial charge in [-0.2, -0.15) is 0 Å². The molecule has 0 aliphatic carbocycles. The summed E-state index contributed by atoms with van der Waals surface area (Å²) in [4.78, 5) is 8.52. The fourth-order valence-electron chi connectivity index (χ4n) is 1.72. The Kier molecular flexibility index (Phi) is 5.91. The van der Waals surface area contributed by atoms with Crippen molar-refractivity contribution in [3.8, 4) is 5.88 Å². The standard InChI is InChI=1S/C13H23N3O/c1-4-5-17-13-9-15-8-12(16-13)7-11(14)6-10(2)3/h8-11H,4-7,14H2,1-3H3. The zero-order valence-corrected chi connectivity index (χ0v) is 11.0. The van der Waals surface area contributed by atoms with Crippen LogP contribution < -0.4 is 10.5 Å². The van der Waals surface area contributed by atoms with Crippen LogP contribution >= 0.6 is 0 Å². The van der Waals surface area contributed by atoms with Crippen molar-refractivity contribution in [2.75, 3.05) is 6.61 Å². The molecule has 1 rings (SSSR count). The molecular formula is C13H23N3O. The van der Waals surface area contributed by atoms with Crippen LogP contribution in [0.15, 0.2) is 12.4 Å². The summed E-state index contributed by atoms with van der Waals surface area (Å²) in [5.74, 6) is 1.21. The fraction of sp³-hybridized carbons (Fsp3) is 0.692. The Balaban J connectivity index is 2.52. The minimum Gasteiger partial charge on any atom is -0.477 e. The number of rotatable bonds is 7. The van der Waals surface area contributed by atoms with Crippen molar-refractivity contribution in [1.29, 1.82) is 0 Å². The van der Waals surface area contributed by atoms with Crippen LogP contribution in [0.2, 0.25) is 0 Å². The molecule has 0 radical (unpaired) electrons. The Bertz CT molecular complexity index is 328. The summed E-state index contributed by atoms with van der Waals surface area (Å²) in [5, 5.41) is 0. The number of nitrogens with zero attached hydrogens (tertiary/aromatic N) is 2. The van der Waals surface area contributed by atoms with Gasteiger partial charge in [0.2, 0.25) is 5.88 Å². The van der Waals surface area contributed by atoms with E-state index in [1.165, 1.54) is 0 Å². The lowest BCUT2D eigenvalue weighted by Gasteiger charge is -2.13. The van der Waals surface area contributed by atoms with E-state index in [2.05, 4.69) is 30.7 Å². The van der Waals surface area contributed by atoms with Gasteiger partial charge in [0, 0.05) is 18.7 Å². The van der Waals surface area contributed by atoms with Crippen molar-refractivity contribution >= 4 is 0 Å². The number of nitrogens with two attached hydrogens (primary N) is 1. The molecule has 17 heavy (non-hydrogen) atoms. The van der Waals surface area contributed by atoms with Gasteiger partial charge in [-0.1, -0.05) is 20.8 Å². The summed E-state index contributed by atoms with van der Waals surface area (Å²) in [6.07, 6.45) is 6.14. The highest BCUT2D eigenvalue weighted by Gasteiger charge is 2.08. The maximum absolute atomic E-state index is 6.05. The Morgan fingerprint density at radius 2 is 2.12 bits per heavy atom. The van der Waals surface area contributed by atoms with Gasteiger partial charge >= 0.3 is 0 Å². The molecule has 4 nitrogen and oxygen atoms in total. The first kappa shape index (κ1) is 13.9. The predicted molar refractivity (Wildman–Crippen MR) is 69.0 cm³/mol. The molecule has 0 amide bonds. The molecule has 1 heterocycles. The van der Waals surface area contributed by atoms with Crippen LogP contribution in [0, 0.1) is 5.92 Å². The van der Waals surface area contributed by atoms with Gasteiger partial charge in [0.15, 0.2) is 0 Å². The molecule has 0 spiro atoms. The maximum atomic E-state index is 6.05. The quantitative estimate of drug-likeness (QED) is 0.789. The van der Waals surface area contributed by atoms with E-state index in [-0.39, 0.29) is 6.04 Å². The molecule has 1 aromatic heterocycles. The van der Waals surface area contributed by atoms with Gasteiger partial charge in [0.1, 0.15) is 0 Å². The Labute approximate surface area is 104 Å². The molecular weight excluding hydrogens is 214 g/mol. The highest BCUT2D eigenvalue weighted by atomic mass is 16.5. The molecule has 0 bridgehead atoms. The third-order valence-corrected chi connectivity index (χ3v) is 2.36. The number of hydrogen-bond donors (Lipinski definition) is 1. The molecule has 4 heteroatoms. The van der Waals surface area contributed by atoms with E-state index in [9.17, 15) is 0 Å². The molecule has 0 aliphatic heterocycles. The van der Waals surface area contributed by atoms with Crippen LogP contribution in [0.25, 0.3) is 0 Å². The van der Waals surface area contributed by atoms with E-state index in [0.717, 1.165) is 25.0 Å². The normalized spacial score (nSPS) is 12.8. The van der Waals surface area contributed by atoms with E-state index in [0.29, 0.717) is 18.4 Å². The summed E-state index contributed by atoms with van der Waals surface area (Å²) < 4.78 is 5.44. The Morgan fingerprint density at radius 1 is 1.35 bits per heavy atom. The van der Waals surface area contributed by atoms with E-state index in [1.54, 1.807) is 12.4 Å². The van der Waals surface area contributed by atoms with Crippen LogP contribution in [0.1, 0.15) is 39.3 Å². The third kappa shape index (κ3) is 5.63. The van der Waals surface area contributed by atoms with Crippen molar-refractivity contribution in [1.82, 2.24) is 9.97 Å². The van der Waals surface area contributed by atoms with Gasteiger partial charge in [-0.05, 0) is 18.8 Å². The molecule has 1 aromatic rings. The van der Waals surface area contributed by atoms with Crippen LogP contribution in [0.4, 0.5) is 0 Å². The molecule has 0 fully saturated rings. The lowest BCUT2D eigenvalue weighted by atomic mass is 10.0. The summed E-state index contributed by atoms with van der Waals surface area (Å²) in [7, 11) is 0. The average Bonchev–Trinajstić information content (AvgIpc) is 2.25. The van der Waals surface area contributed by atoms with Crippen molar-refractivity contribution in [2.45, 2.75) is 46.1 Å². The minimum atomic E-state index is 0.144. The first-order chi connectivity index (χ1) is 8.11. The highest BCUT2D eigenvalue weighted by Crippen LogP contribution is 2.10. The molecule has 1 atom stereocenters. The first-order valence-electron chi connectivity index (χ1n) is 6.31. The molecule has 2 N–H and O–H groups in total. The van der Waals surface area contributed by atoms with E-state index < -0.39 is 0 Å². The van der Waals surface area contributed by atoms with Crippen molar-refractivity contribution in [2.24, 2.45) is 11.7 Å². The molecule has 1 unspecified atom stereocenters. The maximum Gasteiger partial charge on any atom is 0.232 e. The van der Waals surface area contributed by atoms with Gasteiger partial charge in [-0.25, -0.2) is 4.98 Å². The second-order valence-corrected chi connectivity index (χ2v) is 4.79. The largest absolute Gasteiger partial charge is 0.477 e. The Hall–Kier alpha value is -1.16. The van der Waals surface area contributed by atoms with Crippen LogP contribution in [-0.2, 0) is 6.42 Å². The number of ether oxygens (including phenoxy) is 1. The van der Waals surface area contributed by atoms with Gasteiger partial charge in [-0.15, -0.1) is 0 Å². The van der Waals surface area contributed by atoms with E-state index in [1.807, 2.05) is 0 Å². The number of hydrogen-bond acceptors (Lipinski definition) is 4. The van der Waals surface area contributed by atoms with Crippen LogP contribution in [0.3, 0.4) is 0 Å². The lowest BCUT2D eigenvalue weighted by Crippen LogP contribution is -2.25. The molecule has 0 saturated carbocycles. The highest BCUT2D eigenvalue weighted by molar-refractivity contribution is 5.09. The molecule has 0 aliphatic rings. The second-order valence-electron chi connectivity index (χ2n) is 4.79. The van der Waals surface area contributed by atoms with Gasteiger partial charge in [0.25, 0.3) is 0 Å². The first-order valence-corrected chi connectivity index (χ1v) is 6.31. The lowest BCUT2D eigenvalue weighted by molar-refractivity contribution is 0.302. The molecule has 96 valence electrons. The Morgan fingerprint density at radius 3 is 2.76 bits per heavy atom. The number of aromatic nitrogens is 2. The summed E-state index contributed by atoms with van der Waals surface area (Å²) >= 11 is 0. The van der Waals surface area contributed by atoms with Gasteiger partial charge in [0.05, 0.1) is 18.5 Å². The smallest absolute Gasteiger partial charge is 0.232 e. The van der Waals surface area contributed by atoms with E-state index in [4.69, 9.17) is 10.5 Å². The third-order valence-electron chi connectivity index (χ3n) is 2.36. The van der Waals surface area contributed by atoms with Crippen molar-refractivity contribution < 1.29 is 4.74 Å². The van der Waals surface area contributed by atoms with Crippen LogP contribution in [0.5, 0.6) is 5.88 Å². The zero-order chi connectivity index (χ0) is 12.7. The molecule has 0 aromatic carbocycles. The van der Waals surface area contributed by atoms with Gasteiger partial charge in [-0.3, -0.25) is 4.98 Å². The molecule has 0 saturated heterocycles. The summed E-state index contributed by atoms with van der Waals surface area (Å²) in [6, 6.07) is 0.144.